The number of fused-ring (bicyclic) bond motifs is 1. The quantitative estimate of drug-likeness (QED) is 0.807. The number of carbonyl (C=O) groups is 1. The largest absolute Gasteiger partial charge is 0.477 e. The van der Waals surface area contributed by atoms with E-state index in [2.05, 4.69) is 15.0 Å². The topological polar surface area (TPSA) is 101 Å². The first-order chi connectivity index (χ1) is 12.7. The minimum Gasteiger partial charge on any atom is -0.477 e. The molecule has 2 aromatic rings. The lowest BCUT2D eigenvalue weighted by Gasteiger charge is -2.26. The number of nitriles is 1. The molecule has 4 rings (SSSR count). The molecule has 0 radical (unpaired) electrons. The van der Waals surface area contributed by atoms with Crippen molar-refractivity contribution in [2.75, 3.05) is 32.9 Å². The Bertz CT molecular complexity index is 836. The van der Waals surface area contributed by atoms with Crippen molar-refractivity contribution in [2.45, 2.75) is 0 Å². The van der Waals surface area contributed by atoms with Crippen molar-refractivity contribution in [1.82, 2.24) is 19.9 Å². The summed E-state index contributed by atoms with van der Waals surface area (Å²) >= 11 is 0. The van der Waals surface area contributed by atoms with Crippen molar-refractivity contribution < 1.29 is 14.3 Å². The van der Waals surface area contributed by atoms with Crippen LogP contribution in [0.2, 0.25) is 0 Å². The molecule has 8 heteroatoms. The average Bonchev–Trinajstić information content (AvgIpc) is 3.24. The Kier molecular flexibility index (Phi) is 4.22. The summed E-state index contributed by atoms with van der Waals surface area (Å²) in [4.78, 5) is 26.5. The van der Waals surface area contributed by atoms with Gasteiger partial charge in [0.25, 0.3) is 5.91 Å². The molecule has 2 saturated heterocycles. The minimum absolute atomic E-state index is 0.0994. The van der Waals surface area contributed by atoms with Crippen LogP contribution in [0.3, 0.4) is 0 Å². The van der Waals surface area contributed by atoms with Gasteiger partial charge in [0.05, 0.1) is 30.8 Å². The first-order valence-corrected chi connectivity index (χ1v) is 8.32. The molecule has 0 aliphatic carbocycles. The van der Waals surface area contributed by atoms with E-state index in [1.165, 1.54) is 12.5 Å². The molecule has 0 bridgehead atoms. The summed E-state index contributed by atoms with van der Waals surface area (Å²) in [5.41, 5.74) is 0.629. The van der Waals surface area contributed by atoms with E-state index >= 15 is 0 Å². The van der Waals surface area contributed by atoms with Crippen molar-refractivity contribution in [3.63, 3.8) is 0 Å². The van der Waals surface area contributed by atoms with Crippen LogP contribution in [0.1, 0.15) is 16.1 Å². The van der Waals surface area contributed by atoms with E-state index in [0.717, 1.165) is 0 Å². The third-order valence-corrected chi connectivity index (χ3v) is 4.98. The van der Waals surface area contributed by atoms with Crippen molar-refractivity contribution in [2.24, 2.45) is 11.3 Å². The second kappa shape index (κ2) is 6.69. The molecule has 2 fully saturated rings. The van der Waals surface area contributed by atoms with E-state index in [1.54, 1.807) is 24.4 Å². The van der Waals surface area contributed by atoms with Gasteiger partial charge in [-0.05, 0) is 12.1 Å². The Labute approximate surface area is 150 Å². The third kappa shape index (κ3) is 2.97. The number of nitrogens with zero attached hydrogens (tertiary/aromatic N) is 5. The summed E-state index contributed by atoms with van der Waals surface area (Å²) < 4.78 is 11.5. The highest BCUT2D eigenvalue weighted by Crippen LogP contribution is 2.42. The molecule has 26 heavy (non-hydrogen) atoms. The number of amides is 1. The molecule has 2 aliphatic heterocycles. The van der Waals surface area contributed by atoms with Crippen LogP contribution in [0.25, 0.3) is 0 Å². The van der Waals surface area contributed by atoms with Gasteiger partial charge in [0.2, 0.25) is 5.88 Å². The van der Waals surface area contributed by atoms with Gasteiger partial charge in [0.15, 0.2) is 0 Å². The van der Waals surface area contributed by atoms with Gasteiger partial charge < -0.3 is 14.4 Å². The molecule has 2 atom stereocenters. The monoisotopic (exact) mass is 351 g/mol. The molecule has 132 valence electrons. The van der Waals surface area contributed by atoms with Gasteiger partial charge in [-0.2, -0.15) is 5.26 Å². The lowest BCUT2D eigenvalue weighted by molar-refractivity contribution is 0.0650. The molecule has 2 aromatic heterocycles. The predicted octanol–water partition coefficient (Wildman–Crippen LogP) is 0.911. The van der Waals surface area contributed by atoms with E-state index < -0.39 is 0 Å². The first kappa shape index (κ1) is 16.4. The molecule has 2 aliphatic rings. The molecule has 0 saturated carbocycles. The standard InChI is InChI=1S/C18H17N5O3/c19-5-13-1-2-16(21-6-13)26-11-18-9-23(7-14(18)8-25-10-18)17(24)15-3-4-20-12-22-15/h1-4,6,12,14H,7-11H2/t14-,18+/m1/s1. The highest BCUT2D eigenvalue weighted by atomic mass is 16.5. The summed E-state index contributed by atoms with van der Waals surface area (Å²) in [6, 6.07) is 7.00. The molecular weight excluding hydrogens is 334 g/mol. The Balaban J connectivity index is 1.46. The highest BCUT2D eigenvalue weighted by molar-refractivity contribution is 5.92. The summed E-state index contributed by atoms with van der Waals surface area (Å²) in [6.45, 7) is 2.73. The average molecular weight is 351 g/mol. The molecule has 0 aromatic carbocycles. The fraction of sp³-hybridized carbons (Fsp3) is 0.389. The number of pyridine rings is 1. The predicted molar refractivity (Wildman–Crippen MR) is 89.1 cm³/mol. The lowest BCUT2D eigenvalue weighted by atomic mass is 9.82. The number of likely N-dealkylation sites (tertiary alicyclic amines) is 1. The van der Waals surface area contributed by atoms with Crippen molar-refractivity contribution in [3.8, 4) is 11.9 Å². The fourth-order valence-corrected chi connectivity index (χ4v) is 3.52. The number of ether oxygens (including phenoxy) is 2. The Morgan fingerprint density at radius 3 is 3.08 bits per heavy atom. The smallest absolute Gasteiger partial charge is 0.272 e. The van der Waals surface area contributed by atoms with E-state index in [4.69, 9.17) is 14.7 Å². The zero-order valence-corrected chi connectivity index (χ0v) is 14.0. The van der Waals surface area contributed by atoms with Crippen LogP contribution in [0.4, 0.5) is 0 Å². The fourth-order valence-electron chi connectivity index (χ4n) is 3.52. The zero-order valence-electron chi connectivity index (χ0n) is 14.0. The lowest BCUT2D eigenvalue weighted by Crippen LogP contribution is -2.38. The molecule has 0 spiro atoms. The van der Waals surface area contributed by atoms with Crippen LogP contribution >= 0.6 is 0 Å². The Morgan fingerprint density at radius 1 is 1.42 bits per heavy atom. The van der Waals surface area contributed by atoms with E-state index in [9.17, 15) is 4.79 Å². The van der Waals surface area contributed by atoms with Gasteiger partial charge in [-0.1, -0.05) is 0 Å². The maximum Gasteiger partial charge on any atom is 0.272 e. The Hall–Kier alpha value is -3.05. The number of aromatic nitrogens is 3. The van der Waals surface area contributed by atoms with Gasteiger partial charge >= 0.3 is 0 Å². The molecular formula is C18H17N5O3. The van der Waals surface area contributed by atoms with E-state index in [-0.39, 0.29) is 17.2 Å². The molecule has 0 N–H and O–H groups in total. The van der Waals surface area contributed by atoms with Gasteiger partial charge in [-0.3, -0.25) is 4.79 Å². The number of carbonyl (C=O) groups excluding carboxylic acids is 1. The summed E-state index contributed by atoms with van der Waals surface area (Å²) in [7, 11) is 0. The first-order valence-electron chi connectivity index (χ1n) is 8.32. The van der Waals surface area contributed by atoms with Crippen LogP contribution in [0.15, 0.2) is 36.9 Å². The number of hydrogen-bond acceptors (Lipinski definition) is 7. The van der Waals surface area contributed by atoms with Crippen LogP contribution in [-0.2, 0) is 4.74 Å². The molecule has 1 amide bonds. The SMILES string of the molecule is N#Cc1ccc(OC[C@]23COC[C@H]2CN(C(=O)c2ccncn2)C3)nc1. The van der Waals surface area contributed by atoms with Crippen LogP contribution in [0, 0.1) is 22.7 Å². The summed E-state index contributed by atoms with van der Waals surface area (Å²) in [5.74, 6) is 0.578. The molecule has 8 nitrogen and oxygen atoms in total. The van der Waals surface area contributed by atoms with Crippen LogP contribution in [-0.4, -0.2) is 58.7 Å². The summed E-state index contributed by atoms with van der Waals surface area (Å²) in [6.07, 6.45) is 4.42. The van der Waals surface area contributed by atoms with Crippen molar-refractivity contribution in [1.29, 1.82) is 5.26 Å². The highest BCUT2D eigenvalue weighted by Gasteiger charge is 2.52. The van der Waals surface area contributed by atoms with E-state index in [1.807, 2.05) is 11.0 Å². The van der Waals surface area contributed by atoms with Crippen molar-refractivity contribution in [3.05, 3.63) is 48.2 Å². The van der Waals surface area contributed by atoms with Gasteiger partial charge in [-0.25, -0.2) is 15.0 Å². The summed E-state index contributed by atoms with van der Waals surface area (Å²) in [5, 5.41) is 8.83. The maximum absolute atomic E-state index is 12.7. The van der Waals surface area contributed by atoms with Crippen LogP contribution in [0.5, 0.6) is 5.88 Å². The molecule has 4 heterocycles. The van der Waals surface area contributed by atoms with Gasteiger partial charge in [0, 0.05) is 37.5 Å². The van der Waals surface area contributed by atoms with Crippen LogP contribution < -0.4 is 4.74 Å². The number of rotatable bonds is 4. The third-order valence-electron chi connectivity index (χ3n) is 4.98. The minimum atomic E-state index is -0.252. The van der Waals surface area contributed by atoms with E-state index in [0.29, 0.717) is 50.0 Å². The molecule has 0 unspecified atom stereocenters. The Morgan fingerprint density at radius 2 is 2.35 bits per heavy atom. The van der Waals surface area contributed by atoms with Gasteiger partial charge in [-0.15, -0.1) is 0 Å². The van der Waals surface area contributed by atoms with Gasteiger partial charge in [0.1, 0.15) is 18.1 Å². The normalized spacial score (nSPS) is 24.1. The zero-order chi connectivity index (χ0) is 18.0. The van der Waals surface area contributed by atoms with Crippen molar-refractivity contribution >= 4 is 5.91 Å². The second-order valence-corrected chi connectivity index (χ2v) is 6.64. The maximum atomic E-state index is 12.7. The number of hydrogen-bond donors (Lipinski definition) is 0. The second-order valence-electron chi connectivity index (χ2n) is 6.64.